The fraction of sp³-hybridized carbons (Fsp3) is 0.276. The molecule has 1 fully saturated rings. The van der Waals surface area contributed by atoms with Crippen LogP contribution in [0.5, 0.6) is 0 Å². The van der Waals surface area contributed by atoms with Gasteiger partial charge in [-0.2, -0.15) is 0 Å². The van der Waals surface area contributed by atoms with Crippen molar-refractivity contribution in [2.75, 3.05) is 31.6 Å². The number of amides is 1. The van der Waals surface area contributed by atoms with Gasteiger partial charge in [-0.05, 0) is 59.7 Å². The molecule has 6 heteroatoms. The standard InChI is InChI=1S/C29H30N4O2/c1-21-7-8-26(15-28(21)32-17-22-4-3-10-30-16-22)29(34)33-12-13-35-20-23(19-33)14-25-6-2-5-24-9-11-31-18-27(24)25/h2-11,15-16,18,23,32H,12-14,17,19-20H2,1H3/t23-/m0/s1. The highest BCUT2D eigenvalue weighted by molar-refractivity contribution is 5.95. The summed E-state index contributed by atoms with van der Waals surface area (Å²) in [4.78, 5) is 23.9. The number of rotatable bonds is 6. The zero-order chi connectivity index (χ0) is 24.0. The molecule has 0 saturated carbocycles. The minimum atomic E-state index is 0.0458. The van der Waals surface area contributed by atoms with Crippen LogP contribution in [-0.4, -0.2) is 47.1 Å². The van der Waals surface area contributed by atoms with E-state index in [1.807, 2.05) is 59.9 Å². The van der Waals surface area contributed by atoms with Gasteiger partial charge in [0.2, 0.25) is 0 Å². The fourth-order valence-corrected chi connectivity index (χ4v) is 4.68. The molecule has 5 rings (SSSR count). The summed E-state index contributed by atoms with van der Waals surface area (Å²) in [6.07, 6.45) is 8.21. The van der Waals surface area contributed by atoms with Crippen molar-refractivity contribution in [3.8, 4) is 0 Å². The fourth-order valence-electron chi connectivity index (χ4n) is 4.68. The van der Waals surface area contributed by atoms with Crippen LogP contribution in [0.1, 0.15) is 27.0 Å². The number of pyridine rings is 2. The molecule has 0 aliphatic carbocycles. The Morgan fingerprint density at radius 3 is 2.89 bits per heavy atom. The normalized spacial score (nSPS) is 16.1. The van der Waals surface area contributed by atoms with Crippen molar-refractivity contribution in [1.82, 2.24) is 14.9 Å². The number of nitrogens with one attached hydrogen (secondary N) is 1. The summed E-state index contributed by atoms with van der Waals surface area (Å²) in [5.74, 6) is 0.269. The highest BCUT2D eigenvalue weighted by Gasteiger charge is 2.24. The molecule has 1 aliphatic heterocycles. The minimum Gasteiger partial charge on any atom is -0.381 e. The Hall–Kier alpha value is -3.77. The monoisotopic (exact) mass is 466 g/mol. The number of hydrogen-bond acceptors (Lipinski definition) is 5. The first-order valence-corrected chi connectivity index (χ1v) is 12.1. The molecule has 1 saturated heterocycles. The van der Waals surface area contributed by atoms with E-state index in [2.05, 4.69) is 40.4 Å². The zero-order valence-corrected chi connectivity index (χ0v) is 20.0. The van der Waals surface area contributed by atoms with E-state index in [0.717, 1.165) is 23.2 Å². The molecule has 1 aliphatic rings. The van der Waals surface area contributed by atoms with E-state index in [4.69, 9.17) is 4.74 Å². The lowest BCUT2D eigenvalue weighted by molar-refractivity contribution is 0.0737. The maximum Gasteiger partial charge on any atom is 0.254 e. The predicted molar refractivity (Wildman–Crippen MR) is 138 cm³/mol. The molecule has 0 spiro atoms. The highest BCUT2D eigenvalue weighted by Crippen LogP contribution is 2.24. The Balaban J connectivity index is 1.30. The van der Waals surface area contributed by atoms with E-state index in [0.29, 0.717) is 38.4 Å². The van der Waals surface area contributed by atoms with Crippen LogP contribution in [0.4, 0.5) is 5.69 Å². The summed E-state index contributed by atoms with van der Waals surface area (Å²) < 4.78 is 5.91. The van der Waals surface area contributed by atoms with Gasteiger partial charge in [-0.1, -0.05) is 30.3 Å². The minimum absolute atomic E-state index is 0.0458. The molecule has 1 N–H and O–H groups in total. The van der Waals surface area contributed by atoms with Crippen LogP contribution in [0.15, 0.2) is 79.4 Å². The van der Waals surface area contributed by atoms with Crippen LogP contribution < -0.4 is 5.32 Å². The Bertz CT molecular complexity index is 1300. The SMILES string of the molecule is Cc1ccc(C(=O)N2CCOC[C@@H](Cc3cccc4ccncc34)C2)cc1NCc1cccnc1. The third kappa shape index (κ3) is 5.49. The van der Waals surface area contributed by atoms with Gasteiger partial charge in [0.15, 0.2) is 0 Å². The summed E-state index contributed by atoms with van der Waals surface area (Å²) >= 11 is 0. The van der Waals surface area contributed by atoms with E-state index in [-0.39, 0.29) is 11.8 Å². The number of aryl methyl sites for hydroxylation is 1. The Labute approximate surface area is 206 Å². The Morgan fingerprint density at radius 1 is 1.09 bits per heavy atom. The number of hydrogen-bond donors (Lipinski definition) is 1. The van der Waals surface area contributed by atoms with Crippen LogP contribution in [0.2, 0.25) is 0 Å². The highest BCUT2D eigenvalue weighted by atomic mass is 16.5. The van der Waals surface area contributed by atoms with Gasteiger partial charge in [-0.25, -0.2) is 0 Å². The lowest BCUT2D eigenvalue weighted by Crippen LogP contribution is -2.36. The first-order chi connectivity index (χ1) is 17.2. The van der Waals surface area contributed by atoms with E-state index in [1.54, 1.807) is 6.20 Å². The average Bonchev–Trinajstić information content (AvgIpc) is 3.14. The van der Waals surface area contributed by atoms with E-state index < -0.39 is 0 Å². The predicted octanol–water partition coefficient (Wildman–Crippen LogP) is 4.88. The number of aromatic nitrogens is 2. The third-order valence-corrected chi connectivity index (χ3v) is 6.60. The van der Waals surface area contributed by atoms with Gasteiger partial charge >= 0.3 is 0 Å². The molecule has 178 valence electrons. The van der Waals surface area contributed by atoms with Gasteiger partial charge in [-0.3, -0.25) is 14.8 Å². The van der Waals surface area contributed by atoms with Crippen molar-refractivity contribution in [3.05, 3.63) is 102 Å². The molecule has 3 heterocycles. The number of fused-ring (bicyclic) bond motifs is 1. The van der Waals surface area contributed by atoms with Crippen molar-refractivity contribution in [1.29, 1.82) is 0 Å². The van der Waals surface area contributed by atoms with Gasteiger partial charge in [-0.15, -0.1) is 0 Å². The zero-order valence-electron chi connectivity index (χ0n) is 20.0. The molecular formula is C29H30N4O2. The van der Waals surface area contributed by atoms with E-state index >= 15 is 0 Å². The topological polar surface area (TPSA) is 67.4 Å². The molecule has 4 aromatic rings. The molecule has 0 bridgehead atoms. The quantitative estimate of drug-likeness (QED) is 0.439. The summed E-state index contributed by atoms with van der Waals surface area (Å²) in [5.41, 5.74) is 5.10. The lowest BCUT2D eigenvalue weighted by atomic mass is 9.95. The third-order valence-electron chi connectivity index (χ3n) is 6.60. The van der Waals surface area contributed by atoms with E-state index in [9.17, 15) is 4.79 Å². The molecule has 6 nitrogen and oxygen atoms in total. The molecular weight excluding hydrogens is 436 g/mol. The maximum atomic E-state index is 13.5. The summed E-state index contributed by atoms with van der Waals surface area (Å²) in [5, 5.41) is 5.81. The van der Waals surface area contributed by atoms with Crippen molar-refractivity contribution in [2.24, 2.45) is 5.92 Å². The van der Waals surface area contributed by atoms with Crippen LogP contribution in [0, 0.1) is 12.8 Å². The van der Waals surface area contributed by atoms with Crippen molar-refractivity contribution < 1.29 is 9.53 Å². The molecule has 0 radical (unpaired) electrons. The van der Waals surface area contributed by atoms with Crippen molar-refractivity contribution in [2.45, 2.75) is 19.9 Å². The van der Waals surface area contributed by atoms with Gasteiger partial charge in [0.25, 0.3) is 5.91 Å². The second kappa shape index (κ2) is 10.7. The smallest absolute Gasteiger partial charge is 0.254 e. The number of ether oxygens (including phenoxy) is 1. The second-order valence-corrected chi connectivity index (χ2v) is 9.15. The first-order valence-electron chi connectivity index (χ1n) is 12.1. The van der Waals surface area contributed by atoms with Crippen molar-refractivity contribution >= 4 is 22.4 Å². The number of benzene rings is 2. The summed E-state index contributed by atoms with van der Waals surface area (Å²) in [6.45, 7) is 5.17. The van der Waals surface area contributed by atoms with Crippen LogP contribution in [0.25, 0.3) is 10.8 Å². The summed E-state index contributed by atoms with van der Waals surface area (Å²) in [6, 6.07) is 18.2. The molecule has 2 aromatic heterocycles. The number of carbonyl (C=O) groups excluding carboxylic acids is 1. The largest absolute Gasteiger partial charge is 0.381 e. The van der Waals surface area contributed by atoms with Crippen LogP contribution in [-0.2, 0) is 17.7 Å². The summed E-state index contributed by atoms with van der Waals surface area (Å²) in [7, 11) is 0. The molecule has 35 heavy (non-hydrogen) atoms. The molecule has 2 aromatic carbocycles. The Morgan fingerprint density at radius 2 is 2.00 bits per heavy atom. The average molecular weight is 467 g/mol. The second-order valence-electron chi connectivity index (χ2n) is 9.15. The van der Waals surface area contributed by atoms with Gasteiger partial charge < -0.3 is 15.0 Å². The van der Waals surface area contributed by atoms with Gasteiger partial charge in [0, 0.05) is 67.0 Å². The first kappa shape index (κ1) is 23.0. The van der Waals surface area contributed by atoms with Crippen LogP contribution >= 0.6 is 0 Å². The molecule has 1 amide bonds. The number of carbonyl (C=O) groups is 1. The van der Waals surface area contributed by atoms with Crippen LogP contribution in [0.3, 0.4) is 0 Å². The lowest BCUT2D eigenvalue weighted by Gasteiger charge is -2.24. The number of anilines is 1. The molecule has 0 unspecified atom stereocenters. The molecule has 1 atom stereocenters. The van der Waals surface area contributed by atoms with Gasteiger partial charge in [0.05, 0.1) is 13.2 Å². The maximum absolute atomic E-state index is 13.5. The Kier molecular flexibility index (Phi) is 7.00. The van der Waals surface area contributed by atoms with E-state index in [1.165, 1.54) is 16.3 Å². The van der Waals surface area contributed by atoms with Crippen molar-refractivity contribution in [3.63, 3.8) is 0 Å². The number of nitrogens with zero attached hydrogens (tertiary/aromatic N) is 3. The van der Waals surface area contributed by atoms with Gasteiger partial charge in [0.1, 0.15) is 0 Å².